The Morgan fingerprint density at radius 1 is 1.75 bits per heavy atom. The minimum atomic E-state index is -0.154. The molecular formula is C5H10O2S. The largest absolute Gasteiger partial charge is 0.465 e. The van der Waals surface area contributed by atoms with Crippen LogP contribution in [0, 0.1) is 0 Å². The van der Waals surface area contributed by atoms with E-state index in [2.05, 4.69) is 17.4 Å². The van der Waals surface area contributed by atoms with Gasteiger partial charge in [0.15, 0.2) is 0 Å². The summed E-state index contributed by atoms with van der Waals surface area (Å²) in [6.07, 6.45) is 0.452. The highest BCUT2D eigenvalue weighted by Gasteiger charge is 1.93. The molecule has 0 aromatic rings. The Labute approximate surface area is 54.6 Å². The molecule has 8 heavy (non-hydrogen) atoms. The fourth-order valence-corrected chi connectivity index (χ4v) is 0.353. The molecule has 0 unspecified atom stereocenters. The average molecular weight is 134 g/mol. The van der Waals surface area contributed by atoms with Crippen molar-refractivity contribution in [3.63, 3.8) is 0 Å². The molecule has 0 N–H and O–H groups in total. The molecule has 48 valence electrons. The maximum absolute atomic E-state index is 10.3. The van der Waals surface area contributed by atoms with Gasteiger partial charge in [0, 0.05) is 12.2 Å². The number of carbonyl (C=O) groups excluding carboxylic acids is 1. The predicted molar refractivity (Wildman–Crippen MR) is 35.1 cm³/mol. The first-order valence-corrected chi connectivity index (χ1v) is 3.21. The number of thiol groups is 1. The molecule has 3 heteroatoms. The van der Waals surface area contributed by atoms with Gasteiger partial charge in [-0.15, -0.1) is 0 Å². The van der Waals surface area contributed by atoms with Gasteiger partial charge in [-0.25, -0.2) is 0 Å². The first-order valence-electron chi connectivity index (χ1n) is 2.57. The third-order valence-electron chi connectivity index (χ3n) is 0.643. The Morgan fingerprint density at radius 2 is 2.38 bits per heavy atom. The van der Waals surface area contributed by atoms with Crippen molar-refractivity contribution in [2.45, 2.75) is 13.3 Å². The summed E-state index contributed by atoms with van der Waals surface area (Å²) in [6.45, 7) is 2.19. The van der Waals surface area contributed by atoms with Gasteiger partial charge in [-0.3, -0.25) is 4.79 Å². The van der Waals surface area contributed by atoms with E-state index >= 15 is 0 Å². The van der Waals surface area contributed by atoms with Gasteiger partial charge in [0.2, 0.25) is 0 Å². The van der Waals surface area contributed by atoms with Gasteiger partial charge in [0.05, 0.1) is 0 Å². The van der Waals surface area contributed by atoms with Gasteiger partial charge >= 0.3 is 5.97 Å². The lowest BCUT2D eigenvalue weighted by molar-refractivity contribution is -0.142. The first kappa shape index (κ1) is 7.82. The van der Waals surface area contributed by atoms with Crippen molar-refractivity contribution in [3.8, 4) is 0 Å². The molecule has 0 aliphatic rings. The predicted octanol–water partition coefficient (Wildman–Crippen LogP) is 0.869. The fourth-order valence-electron chi connectivity index (χ4n) is 0.262. The average Bonchev–Trinajstić information content (AvgIpc) is 1.83. The van der Waals surface area contributed by atoms with E-state index < -0.39 is 0 Å². The van der Waals surface area contributed by atoms with Crippen molar-refractivity contribution in [2.24, 2.45) is 0 Å². The number of rotatable bonds is 3. The zero-order valence-electron chi connectivity index (χ0n) is 4.89. The van der Waals surface area contributed by atoms with Crippen LogP contribution in [0.4, 0.5) is 0 Å². The zero-order chi connectivity index (χ0) is 6.41. The first-order chi connectivity index (χ1) is 3.81. The van der Waals surface area contributed by atoms with E-state index in [1.807, 2.05) is 0 Å². The van der Waals surface area contributed by atoms with Crippen molar-refractivity contribution in [1.29, 1.82) is 0 Å². The Kier molecular flexibility index (Phi) is 4.85. The van der Waals surface area contributed by atoms with Crippen molar-refractivity contribution in [3.05, 3.63) is 0 Å². The van der Waals surface area contributed by atoms with Gasteiger partial charge in [0.25, 0.3) is 0 Å². The number of carbonyl (C=O) groups is 1. The summed E-state index contributed by atoms with van der Waals surface area (Å²) >= 11 is 3.86. The Bertz CT molecular complexity index is 72.8. The molecule has 0 atom stereocenters. The number of ether oxygens (including phenoxy) is 1. The van der Waals surface area contributed by atoms with Crippen LogP contribution in [0.1, 0.15) is 13.3 Å². The molecule has 0 bridgehead atoms. The lowest BCUT2D eigenvalue weighted by Gasteiger charge is -1.96. The molecule has 0 radical (unpaired) electrons. The van der Waals surface area contributed by atoms with Crippen LogP contribution < -0.4 is 0 Å². The molecular weight excluding hydrogens is 124 g/mol. The van der Waals surface area contributed by atoms with E-state index in [4.69, 9.17) is 0 Å². The molecule has 0 aromatic heterocycles. The second kappa shape index (κ2) is 4.97. The van der Waals surface area contributed by atoms with Gasteiger partial charge in [0.1, 0.15) is 6.61 Å². The molecule has 0 aromatic carbocycles. The highest BCUT2D eigenvalue weighted by Crippen LogP contribution is 1.84. The maximum atomic E-state index is 10.3. The number of esters is 1. The summed E-state index contributed by atoms with van der Waals surface area (Å²) in [4.78, 5) is 10.3. The second-order valence-electron chi connectivity index (χ2n) is 1.30. The SMILES string of the molecule is CCC(=O)OCCS. The van der Waals surface area contributed by atoms with E-state index in [9.17, 15) is 4.79 Å². The van der Waals surface area contributed by atoms with Crippen molar-refractivity contribution in [2.75, 3.05) is 12.4 Å². The Morgan fingerprint density at radius 3 is 2.75 bits per heavy atom. The number of hydrogen-bond donors (Lipinski definition) is 1. The Balaban J connectivity index is 2.99. The van der Waals surface area contributed by atoms with Gasteiger partial charge in [-0.1, -0.05) is 6.92 Å². The molecule has 0 rings (SSSR count). The van der Waals surface area contributed by atoms with Crippen LogP contribution in [0.5, 0.6) is 0 Å². The van der Waals surface area contributed by atoms with E-state index in [0.717, 1.165) is 0 Å². The third kappa shape index (κ3) is 3.99. The van der Waals surface area contributed by atoms with Crippen LogP contribution in [-0.2, 0) is 9.53 Å². The topological polar surface area (TPSA) is 26.3 Å². The smallest absolute Gasteiger partial charge is 0.305 e. The standard InChI is InChI=1S/C5H10O2S/c1-2-5(6)7-3-4-8/h8H,2-4H2,1H3. The molecule has 2 nitrogen and oxygen atoms in total. The fraction of sp³-hybridized carbons (Fsp3) is 0.800. The third-order valence-corrected chi connectivity index (χ3v) is 0.826. The second-order valence-corrected chi connectivity index (χ2v) is 1.74. The molecule has 0 fully saturated rings. The maximum Gasteiger partial charge on any atom is 0.305 e. The van der Waals surface area contributed by atoms with Gasteiger partial charge in [-0.2, -0.15) is 12.6 Å². The van der Waals surface area contributed by atoms with Crippen LogP contribution in [0.2, 0.25) is 0 Å². The van der Waals surface area contributed by atoms with Crippen LogP contribution in [0.15, 0.2) is 0 Å². The highest BCUT2D eigenvalue weighted by atomic mass is 32.1. The highest BCUT2D eigenvalue weighted by molar-refractivity contribution is 7.80. The summed E-state index contributed by atoms with van der Waals surface area (Å²) in [7, 11) is 0. The monoisotopic (exact) mass is 134 g/mol. The minimum Gasteiger partial charge on any atom is -0.465 e. The van der Waals surface area contributed by atoms with E-state index in [1.54, 1.807) is 6.92 Å². The lowest BCUT2D eigenvalue weighted by atomic mass is 10.5. The molecule has 0 saturated heterocycles. The van der Waals surface area contributed by atoms with Crippen LogP contribution >= 0.6 is 12.6 Å². The van der Waals surface area contributed by atoms with Crippen molar-refractivity contribution >= 4 is 18.6 Å². The molecule has 0 amide bonds. The van der Waals surface area contributed by atoms with E-state index in [-0.39, 0.29) is 5.97 Å². The van der Waals surface area contributed by atoms with Crippen LogP contribution in [0.3, 0.4) is 0 Å². The molecule has 0 aliphatic carbocycles. The van der Waals surface area contributed by atoms with Gasteiger partial charge in [-0.05, 0) is 0 Å². The van der Waals surface area contributed by atoms with Crippen LogP contribution in [0.25, 0.3) is 0 Å². The molecule has 0 spiro atoms. The van der Waals surface area contributed by atoms with E-state index in [0.29, 0.717) is 18.8 Å². The summed E-state index contributed by atoms with van der Waals surface area (Å²) in [5.74, 6) is 0.449. The minimum absolute atomic E-state index is 0.154. The summed E-state index contributed by atoms with van der Waals surface area (Å²) in [6, 6.07) is 0. The zero-order valence-corrected chi connectivity index (χ0v) is 5.78. The van der Waals surface area contributed by atoms with Crippen LogP contribution in [-0.4, -0.2) is 18.3 Å². The summed E-state index contributed by atoms with van der Waals surface area (Å²) in [5, 5.41) is 0. The summed E-state index contributed by atoms with van der Waals surface area (Å²) < 4.78 is 4.62. The van der Waals surface area contributed by atoms with Crippen molar-refractivity contribution < 1.29 is 9.53 Å². The lowest BCUT2D eigenvalue weighted by Crippen LogP contribution is -2.04. The molecule has 0 saturated carbocycles. The van der Waals surface area contributed by atoms with Crippen molar-refractivity contribution in [1.82, 2.24) is 0 Å². The number of hydrogen-bond acceptors (Lipinski definition) is 3. The Hall–Kier alpha value is -0.180. The van der Waals surface area contributed by atoms with E-state index in [1.165, 1.54) is 0 Å². The van der Waals surface area contributed by atoms with Gasteiger partial charge < -0.3 is 4.74 Å². The normalized spacial score (nSPS) is 8.75. The molecule has 0 heterocycles. The quantitative estimate of drug-likeness (QED) is 0.458. The summed E-state index contributed by atoms with van der Waals surface area (Å²) in [5.41, 5.74) is 0. The molecule has 0 aliphatic heterocycles.